The molecule has 6 heteroatoms. The SMILES string of the molecule is COCCCN(Cc1cccn1C)S(=O)(=O)c1ccccc1. The van der Waals surface area contributed by atoms with Gasteiger partial charge in [-0.05, 0) is 30.7 Å². The Morgan fingerprint density at radius 3 is 2.45 bits per heavy atom. The van der Waals surface area contributed by atoms with Gasteiger partial charge < -0.3 is 9.30 Å². The monoisotopic (exact) mass is 322 g/mol. The molecule has 0 spiro atoms. The van der Waals surface area contributed by atoms with Gasteiger partial charge in [-0.3, -0.25) is 0 Å². The van der Waals surface area contributed by atoms with Crippen molar-refractivity contribution >= 4 is 10.0 Å². The maximum absolute atomic E-state index is 12.8. The van der Waals surface area contributed by atoms with Gasteiger partial charge in [0.2, 0.25) is 10.0 Å². The minimum absolute atomic E-state index is 0.321. The van der Waals surface area contributed by atoms with E-state index >= 15 is 0 Å². The van der Waals surface area contributed by atoms with E-state index in [1.807, 2.05) is 36.0 Å². The number of sulfonamides is 1. The molecule has 0 saturated carbocycles. The van der Waals surface area contributed by atoms with Gasteiger partial charge in [0.15, 0.2) is 0 Å². The summed E-state index contributed by atoms with van der Waals surface area (Å²) in [5.74, 6) is 0. The van der Waals surface area contributed by atoms with E-state index < -0.39 is 10.0 Å². The molecule has 2 aromatic rings. The number of methoxy groups -OCH3 is 1. The van der Waals surface area contributed by atoms with Crippen molar-refractivity contribution in [2.45, 2.75) is 17.9 Å². The third-order valence-corrected chi connectivity index (χ3v) is 5.39. The summed E-state index contributed by atoms with van der Waals surface area (Å²) in [7, 11) is 0.0228. The van der Waals surface area contributed by atoms with Crippen LogP contribution in [0.25, 0.3) is 0 Å². The zero-order valence-electron chi connectivity index (χ0n) is 13.0. The van der Waals surface area contributed by atoms with Crippen molar-refractivity contribution in [2.75, 3.05) is 20.3 Å². The van der Waals surface area contributed by atoms with Crippen molar-refractivity contribution in [3.63, 3.8) is 0 Å². The number of aryl methyl sites for hydroxylation is 1. The number of nitrogens with zero attached hydrogens (tertiary/aromatic N) is 2. The van der Waals surface area contributed by atoms with Crippen LogP contribution in [0.5, 0.6) is 0 Å². The number of benzene rings is 1. The molecule has 1 heterocycles. The number of aromatic nitrogens is 1. The number of hydrogen-bond donors (Lipinski definition) is 0. The first kappa shape index (κ1) is 16.7. The van der Waals surface area contributed by atoms with Gasteiger partial charge in [0.1, 0.15) is 0 Å². The molecule has 0 aliphatic carbocycles. The molecule has 0 saturated heterocycles. The van der Waals surface area contributed by atoms with Crippen LogP contribution in [0.1, 0.15) is 12.1 Å². The summed E-state index contributed by atoms with van der Waals surface area (Å²) in [5.41, 5.74) is 0.955. The molecule has 0 unspecified atom stereocenters. The van der Waals surface area contributed by atoms with Gasteiger partial charge in [-0.25, -0.2) is 8.42 Å². The van der Waals surface area contributed by atoms with E-state index in [-0.39, 0.29) is 0 Å². The zero-order chi connectivity index (χ0) is 16.0. The maximum atomic E-state index is 12.8. The number of ether oxygens (including phenoxy) is 1. The molecule has 120 valence electrons. The van der Waals surface area contributed by atoms with E-state index in [9.17, 15) is 8.42 Å². The Kier molecular flexibility index (Phi) is 5.76. The Hall–Kier alpha value is -1.63. The van der Waals surface area contributed by atoms with Gasteiger partial charge in [0.25, 0.3) is 0 Å². The van der Waals surface area contributed by atoms with Crippen LogP contribution in [0, 0.1) is 0 Å². The van der Waals surface area contributed by atoms with Gasteiger partial charge in [-0.15, -0.1) is 0 Å². The third-order valence-electron chi connectivity index (χ3n) is 3.53. The molecule has 0 N–H and O–H groups in total. The summed E-state index contributed by atoms with van der Waals surface area (Å²) in [4.78, 5) is 0.321. The lowest BCUT2D eigenvalue weighted by Crippen LogP contribution is -2.32. The van der Waals surface area contributed by atoms with Crippen LogP contribution < -0.4 is 0 Å². The van der Waals surface area contributed by atoms with Gasteiger partial charge in [-0.1, -0.05) is 18.2 Å². The fourth-order valence-electron chi connectivity index (χ4n) is 2.25. The normalized spacial score (nSPS) is 12.0. The van der Waals surface area contributed by atoms with Gasteiger partial charge >= 0.3 is 0 Å². The van der Waals surface area contributed by atoms with E-state index in [0.29, 0.717) is 31.0 Å². The van der Waals surface area contributed by atoms with E-state index in [1.165, 1.54) is 4.31 Å². The summed E-state index contributed by atoms with van der Waals surface area (Å²) in [6.07, 6.45) is 2.57. The minimum atomic E-state index is -3.51. The first-order chi connectivity index (χ1) is 10.6. The predicted octanol–water partition coefficient (Wildman–Crippen LogP) is 2.25. The standard InChI is InChI=1S/C16H22N2O3S/c1-17-11-6-8-15(17)14-18(12-7-13-21-2)22(19,20)16-9-4-3-5-10-16/h3-6,8-11H,7,12-14H2,1-2H3. The molecule has 1 aromatic heterocycles. The quantitative estimate of drug-likeness (QED) is 0.701. The van der Waals surface area contributed by atoms with Crippen molar-refractivity contribution in [1.82, 2.24) is 8.87 Å². The van der Waals surface area contributed by atoms with E-state index in [0.717, 1.165) is 5.69 Å². The average Bonchev–Trinajstić information content (AvgIpc) is 2.92. The summed E-state index contributed by atoms with van der Waals surface area (Å²) >= 11 is 0. The largest absolute Gasteiger partial charge is 0.385 e. The second-order valence-corrected chi connectivity index (χ2v) is 7.05. The molecular formula is C16H22N2O3S. The molecule has 22 heavy (non-hydrogen) atoms. The molecule has 0 amide bonds. The Labute approximate surface area is 132 Å². The highest BCUT2D eigenvalue weighted by atomic mass is 32.2. The maximum Gasteiger partial charge on any atom is 0.243 e. The van der Waals surface area contributed by atoms with E-state index in [1.54, 1.807) is 31.4 Å². The molecule has 0 aliphatic heterocycles. The number of rotatable bonds is 8. The smallest absolute Gasteiger partial charge is 0.243 e. The van der Waals surface area contributed by atoms with Crippen molar-refractivity contribution in [3.8, 4) is 0 Å². The predicted molar refractivity (Wildman–Crippen MR) is 85.9 cm³/mol. The highest BCUT2D eigenvalue weighted by molar-refractivity contribution is 7.89. The summed E-state index contributed by atoms with van der Waals surface area (Å²) in [5, 5.41) is 0. The minimum Gasteiger partial charge on any atom is -0.385 e. The van der Waals surface area contributed by atoms with Crippen LogP contribution in [0.15, 0.2) is 53.6 Å². The van der Waals surface area contributed by atoms with Gasteiger partial charge in [-0.2, -0.15) is 4.31 Å². The third kappa shape index (κ3) is 3.97. The second-order valence-electron chi connectivity index (χ2n) is 5.11. The Morgan fingerprint density at radius 1 is 1.14 bits per heavy atom. The average molecular weight is 322 g/mol. The van der Waals surface area contributed by atoms with Crippen molar-refractivity contribution in [3.05, 3.63) is 54.4 Å². The lowest BCUT2D eigenvalue weighted by molar-refractivity contribution is 0.186. The molecule has 0 bridgehead atoms. The highest BCUT2D eigenvalue weighted by Crippen LogP contribution is 2.18. The Balaban J connectivity index is 2.25. The fraction of sp³-hybridized carbons (Fsp3) is 0.375. The fourth-order valence-corrected chi connectivity index (χ4v) is 3.72. The lowest BCUT2D eigenvalue weighted by atomic mass is 10.4. The molecule has 0 fully saturated rings. The van der Waals surface area contributed by atoms with Gasteiger partial charge in [0, 0.05) is 39.2 Å². The van der Waals surface area contributed by atoms with Crippen LogP contribution in [-0.4, -0.2) is 37.6 Å². The highest BCUT2D eigenvalue weighted by Gasteiger charge is 2.24. The van der Waals surface area contributed by atoms with E-state index in [2.05, 4.69) is 0 Å². The van der Waals surface area contributed by atoms with Crippen molar-refractivity contribution < 1.29 is 13.2 Å². The van der Waals surface area contributed by atoms with Gasteiger partial charge in [0.05, 0.1) is 11.4 Å². The molecular weight excluding hydrogens is 300 g/mol. The molecule has 0 radical (unpaired) electrons. The molecule has 2 rings (SSSR count). The lowest BCUT2D eigenvalue weighted by Gasteiger charge is -2.22. The summed E-state index contributed by atoms with van der Waals surface area (Å²) < 4.78 is 34.2. The van der Waals surface area contributed by atoms with E-state index in [4.69, 9.17) is 4.74 Å². The summed E-state index contributed by atoms with van der Waals surface area (Å²) in [6.45, 7) is 1.31. The molecule has 0 atom stereocenters. The number of hydrogen-bond acceptors (Lipinski definition) is 3. The summed E-state index contributed by atoms with van der Waals surface area (Å²) in [6, 6.07) is 12.4. The Morgan fingerprint density at radius 2 is 1.86 bits per heavy atom. The molecule has 5 nitrogen and oxygen atoms in total. The first-order valence-corrected chi connectivity index (χ1v) is 8.64. The molecule has 1 aromatic carbocycles. The first-order valence-electron chi connectivity index (χ1n) is 7.20. The van der Waals surface area contributed by atoms with Crippen LogP contribution in [-0.2, 0) is 28.4 Å². The van der Waals surface area contributed by atoms with Crippen LogP contribution in [0.2, 0.25) is 0 Å². The van der Waals surface area contributed by atoms with Crippen LogP contribution in [0.3, 0.4) is 0 Å². The topological polar surface area (TPSA) is 51.5 Å². The van der Waals surface area contributed by atoms with Crippen LogP contribution >= 0.6 is 0 Å². The molecule has 0 aliphatic rings. The zero-order valence-corrected chi connectivity index (χ0v) is 13.8. The van der Waals surface area contributed by atoms with Crippen LogP contribution in [0.4, 0.5) is 0 Å². The Bertz CT molecular complexity index is 680. The van der Waals surface area contributed by atoms with Crippen molar-refractivity contribution in [2.24, 2.45) is 7.05 Å². The van der Waals surface area contributed by atoms with Crippen molar-refractivity contribution in [1.29, 1.82) is 0 Å². The second kappa shape index (κ2) is 7.58.